The highest BCUT2D eigenvalue weighted by atomic mass is 35.5. The maximum atomic E-state index is 12.5. The van der Waals surface area contributed by atoms with Gasteiger partial charge in [-0.25, -0.2) is 0 Å². The number of benzene rings is 2. The van der Waals surface area contributed by atoms with Crippen LogP contribution >= 0.6 is 23.2 Å². The zero-order chi connectivity index (χ0) is 21.0. The van der Waals surface area contributed by atoms with Gasteiger partial charge < -0.3 is 9.88 Å². The van der Waals surface area contributed by atoms with E-state index in [1.807, 2.05) is 66.9 Å². The Morgan fingerprint density at radius 1 is 1.10 bits per heavy atom. The molecule has 0 aliphatic heterocycles. The Balaban J connectivity index is 1.87. The standard InChI is InChI=1S/C23H19Cl2N3O/c1-15-10-18(16(2)28(15)20-8-9-21(24)22(25)12-20)11-19(13-26)23(29)27-14-17-6-4-3-5-7-17/h3-12H,14H2,1-2H3,(H,27,29)/b19-11-. The van der Waals surface area contributed by atoms with Gasteiger partial charge in [0.15, 0.2) is 0 Å². The topological polar surface area (TPSA) is 57.8 Å². The average Bonchev–Trinajstić information content (AvgIpc) is 3.00. The van der Waals surface area contributed by atoms with Gasteiger partial charge in [-0.3, -0.25) is 4.79 Å². The van der Waals surface area contributed by atoms with E-state index in [1.54, 1.807) is 18.2 Å². The van der Waals surface area contributed by atoms with Gasteiger partial charge in [0.05, 0.1) is 10.0 Å². The second-order valence-corrected chi connectivity index (χ2v) is 7.41. The van der Waals surface area contributed by atoms with E-state index in [0.717, 1.165) is 28.2 Å². The first-order chi connectivity index (χ1) is 13.9. The van der Waals surface area contributed by atoms with E-state index in [2.05, 4.69) is 5.32 Å². The molecule has 2 aromatic carbocycles. The Bertz CT molecular complexity index is 1130. The van der Waals surface area contributed by atoms with Gasteiger partial charge in [-0.1, -0.05) is 53.5 Å². The lowest BCUT2D eigenvalue weighted by Gasteiger charge is -2.10. The van der Waals surface area contributed by atoms with Crippen molar-refractivity contribution in [1.82, 2.24) is 9.88 Å². The maximum absolute atomic E-state index is 12.5. The summed E-state index contributed by atoms with van der Waals surface area (Å²) < 4.78 is 2.00. The van der Waals surface area contributed by atoms with Crippen molar-refractivity contribution in [2.75, 3.05) is 0 Å². The van der Waals surface area contributed by atoms with Gasteiger partial charge in [0.2, 0.25) is 0 Å². The van der Waals surface area contributed by atoms with Gasteiger partial charge in [-0.2, -0.15) is 5.26 Å². The van der Waals surface area contributed by atoms with Crippen molar-refractivity contribution in [3.8, 4) is 11.8 Å². The molecule has 146 valence electrons. The van der Waals surface area contributed by atoms with Gasteiger partial charge in [-0.15, -0.1) is 0 Å². The Hall–Kier alpha value is -3.00. The first-order valence-corrected chi connectivity index (χ1v) is 9.74. The number of halogens is 2. The van der Waals surface area contributed by atoms with Crippen LogP contribution in [0.4, 0.5) is 0 Å². The summed E-state index contributed by atoms with van der Waals surface area (Å²) in [4.78, 5) is 12.5. The van der Waals surface area contributed by atoms with Crippen molar-refractivity contribution < 1.29 is 4.79 Å². The molecule has 0 fully saturated rings. The SMILES string of the molecule is Cc1cc(/C=C(/C#N)C(=O)NCc2ccccc2)c(C)n1-c1ccc(Cl)c(Cl)c1. The predicted octanol–water partition coefficient (Wildman–Crippen LogP) is 5.62. The Morgan fingerprint density at radius 2 is 1.83 bits per heavy atom. The third kappa shape index (κ3) is 4.71. The van der Waals surface area contributed by atoms with Gasteiger partial charge >= 0.3 is 0 Å². The van der Waals surface area contributed by atoms with Crippen LogP contribution in [0.3, 0.4) is 0 Å². The summed E-state index contributed by atoms with van der Waals surface area (Å²) >= 11 is 12.2. The second-order valence-electron chi connectivity index (χ2n) is 6.60. The quantitative estimate of drug-likeness (QED) is 0.427. The van der Waals surface area contributed by atoms with E-state index >= 15 is 0 Å². The molecule has 0 spiro atoms. The molecule has 0 unspecified atom stereocenters. The number of nitrogens with one attached hydrogen (secondary N) is 1. The lowest BCUT2D eigenvalue weighted by atomic mass is 10.1. The normalized spacial score (nSPS) is 11.2. The second kappa shape index (κ2) is 9.00. The van der Waals surface area contributed by atoms with Crippen molar-refractivity contribution in [1.29, 1.82) is 5.26 Å². The van der Waals surface area contributed by atoms with Crippen LogP contribution in [0.1, 0.15) is 22.5 Å². The van der Waals surface area contributed by atoms with Gasteiger partial charge in [0.1, 0.15) is 11.6 Å². The minimum Gasteiger partial charge on any atom is -0.347 e. The molecule has 1 heterocycles. The number of amides is 1. The van der Waals surface area contributed by atoms with Crippen LogP contribution in [0.2, 0.25) is 10.0 Å². The zero-order valence-electron chi connectivity index (χ0n) is 16.0. The van der Waals surface area contributed by atoms with Crippen LogP contribution in [0.15, 0.2) is 60.2 Å². The molecule has 1 amide bonds. The number of nitriles is 1. The molecule has 3 aromatic rings. The summed E-state index contributed by atoms with van der Waals surface area (Å²) in [5.74, 6) is -0.407. The van der Waals surface area contributed by atoms with Crippen LogP contribution in [0.25, 0.3) is 11.8 Å². The van der Waals surface area contributed by atoms with Gasteiger partial charge in [-0.05, 0) is 55.3 Å². The van der Waals surface area contributed by atoms with Crippen LogP contribution in [-0.2, 0) is 11.3 Å². The van der Waals surface area contributed by atoms with Crippen molar-refractivity contribution in [2.24, 2.45) is 0 Å². The Labute approximate surface area is 180 Å². The molecule has 29 heavy (non-hydrogen) atoms. The Morgan fingerprint density at radius 3 is 2.48 bits per heavy atom. The summed E-state index contributed by atoms with van der Waals surface area (Å²) in [5.41, 5.74) is 4.52. The average molecular weight is 424 g/mol. The fraction of sp³-hybridized carbons (Fsp3) is 0.130. The van der Waals surface area contributed by atoms with E-state index in [1.165, 1.54) is 0 Å². The molecule has 1 aromatic heterocycles. The summed E-state index contributed by atoms with van der Waals surface area (Å²) in [7, 11) is 0. The number of aryl methyl sites for hydroxylation is 1. The molecule has 0 saturated carbocycles. The van der Waals surface area contributed by atoms with E-state index < -0.39 is 5.91 Å². The highest BCUT2D eigenvalue weighted by Gasteiger charge is 2.14. The molecule has 0 aliphatic carbocycles. The van der Waals surface area contributed by atoms with Crippen molar-refractivity contribution >= 4 is 35.2 Å². The van der Waals surface area contributed by atoms with Crippen LogP contribution in [-0.4, -0.2) is 10.5 Å². The molecule has 4 nitrogen and oxygen atoms in total. The molecule has 6 heteroatoms. The molecule has 0 aliphatic rings. The number of hydrogen-bond acceptors (Lipinski definition) is 2. The first-order valence-electron chi connectivity index (χ1n) is 8.99. The van der Waals surface area contributed by atoms with Crippen molar-refractivity contribution in [2.45, 2.75) is 20.4 Å². The van der Waals surface area contributed by atoms with Crippen molar-refractivity contribution in [3.05, 3.63) is 92.7 Å². The highest BCUT2D eigenvalue weighted by Crippen LogP contribution is 2.28. The van der Waals surface area contributed by atoms with E-state index in [9.17, 15) is 10.1 Å². The number of nitrogens with zero attached hydrogens (tertiary/aromatic N) is 2. The molecule has 0 radical (unpaired) electrons. The number of hydrogen-bond donors (Lipinski definition) is 1. The predicted molar refractivity (Wildman–Crippen MR) is 117 cm³/mol. The highest BCUT2D eigenvalue weighted by molar-refractivity contribution is 6.42. The molecule has 0 saturated heterocycles. The first kappa shape index (κ1) is 20.7. The van der Waals surface area contributed by atoms with E-state index in [4.69, 9.17) is 23.2 Å². The number of rotatable bonds is 5. The van der Waals surface area contributed by atoms with Crippen LogP contribution in [0.5, 0.6) is 0 Å². The maximum Gasteiger partial charge on any atom is 0.262 e. The van der Waals surface area contributed by atoms with Crippen molar-refractivity contribution in [3.63, 3.8) is 0 Å². The largest absolute Gasteiger partial charge is 0.347 e. The number of carbonyl (C=O) groups excluding carboxylic acids is 1. The fourth-order valence-electron chi connectivity index (χ4n) is 3.13. The molecule has 0 bridgehead atoms. The van der Waals surface area contributed by atoms with Gasteiger partial charge in [0, 0.05) is 23.6 Å². The van der Waals surface area contributed by atoms with Gasteiger partial charge in [0.25, 0.3) is 5.91 Å². The third-order valence-corrected chi connectivity index (χ3v) is 5.33. The fourth-order valence-corrected chi connectivity index (χ4v) is 3.43. The third-order valence-electron chi connectivity index (χ3n) is 4.59. The molecular formula is C23H19Cl2N3O. The Kier molecular flexibility index (Phi) is 6.43. The molecule has 0 atom stereocenters. The lowest BCUT2D eigenvalue weighted by molar-refractivity contribution is -0.117. The molecular weight excluding hydrogens is 405 g/mol. The minimum absolute atomic E-state index is 0.0512. The smallest absolute Gasteiger partial charge is 0.262 e. The zero-order valence-corrected chi connectivity index (χ0v) is 17.6. The number of aromatic nitrogens is 1. The van der Waals surface area contributed by atoms with Crippen LogP contribution in [0, 0.1) is 25.2 Å². The summed E-state index contributed by atoms with van der Waals surface area (Å²) in [6, 6.07) is 18.9. The van der Waals surface area contributed by atoms with Crippen LogP contribution < -0.4 is 5.32 Å². The molecule has 1 N–H and O–H groups in total. The summed E-state index contributed by atoms with van der Waals surface area (Å²) in [6.07, 6.45) is 1.61. The number of carbonyl (C=O) groups is 1. The monoisotopic (exact) mass is 423 g/mol. The van der Waals surface area contributed by atoms with E-state index in [-0.39, 0.29) is 5.57 Å². The van der Waals surface area contributed by atoms with E-state index in [0.29, 0.717) is 16.6 Å². The molecule has 3 rings (SSSR count). The summed E-state index contributed by atoms with van der Waals surface area (Å²) in [6.45, 7) is 4.24. The summed E-state index contributed by atoms with van der Waals surface area (Å²) in [5, 5.41) is 13.2. The lowest BCUT2D eigenvalue weighted by Crippen LogP contribution is -2.23. The minimum atomic E-state index is -0.407.